The van der Waals surface area contributed by atoms with Crippen molar-refractivity contribution >= 4 is 17.6 Å². The normalized spacial score (nSPS) is 11.8. The summed E-state index contributed by atoms with van der Waals surface area (Å²) < 4.78 is 5.53. The Labute approximate surface area is 117 Å². The summed E-state index contributed by atoms with van der Waals surface area (Å²) in [6.45, 7) is 9.96. The van der Waals surface area contributed by atoms with E-state index in [1.54, 1.807) is 6.07 Å². The molecule has 0 saturated carbocycles. The fraction of sp³-hybridized carbons (Fsp3) is 0.462. The minimum atomic E-state index is -0.146. The van der Waals surface area contributed by atoms with Crippen molar-refractivity contribution < 1.29 is 4.42 Å². The number of anilines is 1. The van der Waals surface area contributed by atoms with Crippen molar-refractivity contribution in [3.63, 3.8) is 0 Å². The molecule has 2 heterocycles. The van der Waals surface area contributed by atoms with Gasteiger partial charge in [-0.15, -0.1) is 0 Å². The van der Waals surface area contributed by atoms with E-state index in [0.717, 1.165) is 22.3 Å². The van der Waals surface area contributed by atoms with Gasteiger partial charge in [0.25, 0.3) is 5.22 Å². The van der Waals surface area contributed by atoms with E-state index in [4.69, 9.17) is 10.2 Å². The maximum absolute atomic E-state index is 5.83. The van der Waals surface area contributed by atoms with E-state index in [0.29, 0.717) is 11.0 Å². The Kier molecular flexibility index (Phi) is 3.54. The highest BCUT2D eigenvalue weighted by Gasteiger charge is 2.19. The van der Waals surface area contributed by atoms with Crippen molar-refractivity contribution in [1.29, 1.82) is 0 Å². The summed E-state index contributed by atoms with van der Waals surface area (Å²) in [5.74, 6) is 2.00. The smallest absolute Gasteiger partial charge is 0.262 e. The van der Waals surface area contributed by atoms with Gasteiger partial charge in [-0.1, -0.05) is 20.8 Å². The fourth-order valence-corrected chi connectivity index (χ4v) is 2.25. The van der Waals surface area contributed by atoms with Crippen LogP contribution in [0.25, 0.3) is 0 Å². The number of nitrogen functional groups attached to an aromatic ring is 1. The van der Waals surface area contributed by atoms with Gasteiger partial charge in [0.15, 0.2) is 0 Å². The number of hydrogen-bond donors (Lipinski definition) is 1. The minimum Gasteiger partial charge on any atom is -0.436 e. The average molecular weight is 278 g/mol. The highest BCUT2D eigenvalue weighted by molar-refractivity contribution is 7.99. The molecule has 0 fully saturated rings. The molecule has 0 amide bonds. The quantitative estimate of drug-likeness (QED) is 0.850. The molecule has 0 aliphatic heterocycles. The molecule has 0 bridgehead atoms. The number of rotatable bonds is 2. The second-order valence-electron chi connectivity index (χ2n) is 5.43. The van der Waals surface area contributed by atoms with Crippen molar-refractivity contribution in [2.75, 3.05) is 5.73 Å². The highest BCUT2D eigenvalue weighted by Crippen LogP contribution is 2.29. The van der Waals surface area contributed by atoms with E-state index in [1.165, 1.54) is 11.8 Å². The summed E-state index contributed by atoms with van der Waals surface area (Å²) >= 11 is 1.36. The molecule has 0 radical (unpaired) electrons. The summed E-state index contributed by atoms with van der Waals surface area (Å²) in [5, 5.41) is 1.33. The van der Waals surface area contributed by atoms with Crippen molar-refractivity contribution in [3.05, 3.63) is 23.3 Å². The standard InChI is InChI=1S/C13H18N4OS/c1-7-8(2)18-12(15-7)19-10-6-9(14)16-11(17-10)13(3,4)5/h6H,1-5H3,(H2,14,16,17). The number of nitrogens with two attached hydrogens (primary N) is 1. The van der Waals surface area contributed by atoms with E-state index in [9.17, 15) is 0 Å². The summed E-state index contributed by atoms with van der Waals surface area (Å²) in [6, 6.07) is 1.73. The van der Waals surface area contributed by atoms with E-state index < -0.39 is 0 Å². The van der Waals surface area contributed by atoms with Gasteiger partial charge in [0, 0.05) is 11.5 Å². The van der Waals surface area contributed by atoms with Gasteiger partial charge in [0.2, 0.25) is 0 Å². The third-order valence-corrected chi connectivity index (χ3v) is 3.36. The second kappa shape index (κ2) is 4.85. The van der Waals surface area contributed by atoms with Gasteiger partial charge < -0.3 is 10.2 Å². The number of aromatic nitrogens is 3. The van der Waals surface area contributed by atoms with E-state index in [2.05, 4.69) is 35.7 Å². The summed E-state index contributed by atoms with van der Waals surface area (Å²) in [6.07, 6.45) is 0. The summed E-state index contributed by atoms with van der Waals surface area (Å²) in [5.41, 5.74) is 6.57. The third kappa shape index (κ3) is 3.26. The number of hydrogen-bond acceptors (Lipinski definition) is 6. The van der Waals surface area contributed by atoms with Crippen LogP contribution in [0.5, 0.6) is 0 Å². The maximum atomic E-state index is 5.83. The Morgan fingerprint density at radius 3 is 2.37 bits per heavy atom. The molecule has 2 rings (SSSR count). The molecule has 19 heavy (non-hydrogen) atoms. The highest BCUT2D eigenvalue weighted by atomic mass is 32.2. The lowest BCUT2D eigenvalue weighted by Crippen LogP contribution is -2.17. The van der Waals surface area contributed by atoms with Crippen LogP contribution < -0.4 is 5.73 Å². The van der Waals surface area contributed by atoms with Crippen LogP contribution in [0.15, 0.2) is 20.7 Å². The Balaban J connectivity index is 2.32. The van der Waals surface area contributed by atoms with Crippen molar-refractivity contribution in [1.82, 2.24) is 15.0 Å². The molecule has 0 unspecified atom stereocenters. The molecular formula is C13H18N4OS. The predicted molar refractivity (Wildman–Crippen MR) is 75.2 cm³/mol. The molecule has 0 atom stereocenters. The van der Waals surface area contributed by atoms with Crippen molar-refractivity contribution in [2.24, 2.45) is 0 Å². The van der Waals surface area contributed by atoms with Gasteiger partial charge in [-0.05, 0) is 25.6 Å². The number of nitrogens with zero attached hydrogens (tertiary/aromatic N) is 3. The average Bonchev–Trinajstić information content (AvgIpc) is 2.55. The number of aryl methyl sites for hydroxylation is 2. The Morgan fingerprint density at radius 1 is 1.16 bits per heavy atom. The molecule has 102 valence electrons. The lowest BCUT2D eigenvalue weighted by Gasteiger charge is -2.17. The van der Waals surface area contributed by atoms with Gasteiger partial charge >= 0.3 is 0 Å². The van der Waals surface area contributed by atoms with Crippen molar-refractivity contribution in [2.45, 2.75) is 50.3 Å². The van der Waals surface area contributed by atoms with Crippen LogP contribution in [0.3, 0.4) is 0 Å². The summed E-state index contributed by atoms with van der Waals surface area (Å²) in [7, 11) is 0. The molecule has 2 aromatic heterocycles. The van der Waals surface area contributed by atoms with Gasteiger partial charge in [-0.3, -0.25) is 0 Å². The molecule has 0 spiro atoms. The molecule has 2 N–H and O–H groups in total. The van der Waals surface area contributed by atoms with E-state index in [-0.39, 0.29) is 5.41 Å². The van der Waals surface area contributed by atoms with Crippen LogP contribution in [0.1, 0.15) is 38.0 Å². The molecule has 6 heteroatoms. The Hall–Kier alpha value is -1.56. The maximum Gasteiger partial charge on any atom is 0.262 e. The first-order chi connectivity index (χ1) is 8.75. The zero-order chi connectivity index (χ0) is 14.2. The van der Waals surface area contributed by atoms with Gasteiger partial charge in [0.1, 0.15) is 22.4 Å². The molecule has 0 aliphatic rings. The Bertz CT molecular complexity index is 582. The first kappa shape index (κ1) is 13.9. The predicted octanol–water partition coefficient (Wildman–Crippen LogP) is 3.11. The second-order valence-corrected chi connectivity index (χ2v) is 6.40. The van der Waals surface area contributed by atoms with Crippen LogP contribution >= 0.6 is 11.8 Å². The van der Waals surface area contributed by atoms with Crippen LogP contribution in [-0.4, -0.2) is 15.0 Å². The lowest BCUT2D eigenvalue weighted by molar-refractivity contribution is 0.430. The first-order valence-corrected chi connectivity index (χ1v) is 6.84. The fourth-order valence-electron chi connectivity index (χ4n) is 1.41. The third-order valence-electron chi connectivity index (χ3n) is 2.59. The first-order valence-electron chi connectivity index (χ1n) is 6.02. The largest absolute Gasteiger partial charge is 0.436 e. The van der Waals surface area contributed by atoms with E-state index in [1.807, 2.05) is 13.8 Å². The van der Waals surface area contributed by atoms with Gasteiger partial charge in [-0.25, -0.2) is 15.0 Å². The SMILES string of the molecule is Cc1nc(Sc2cc(N)nc(C(C)(C)C)n2)oc1C. The minimum absolute atomic E-state index is 0.146. The van der Waals surface area contributed by atoms with E-state index >= 15 is 0 Å². The molecular weight excluding hydrogens is 260 g/mol. The van der Waals surface area contributed by atoms with Crippen LogP contribution in [0, 0.1) is 13.8 Å². The Morgan fingerprint density at radius 2 is 1.84 bits per heavy atom. The zero-order valence-electron chi connectivity index (χ0n) is 11.8. The van der Waals surface area contributed by atoms with Crippen molar-refractivity contribution in [3.8, 4) is 0 Å². The zero-order valence-corrected chi connectivity index (χ0v) is 12.6. The van der Waals surface area contributed by atoms with Gasteiger partial charge in [0.05, 0.1) is 5.69 Å². The lowest BCUT2D eigenvalue weighted by atomic mass is 9.96. The molecule has 0 aromatic carbocycles. The number of oxazole rings is 1. The van der Waals surface area contributed by atoms with Crippen LogP contribution in [-0.2, 0) is 5.41 Å². The van der Waals surface area contributed by atoms with Crippen LogP contribution in [0.2, 0.25) is 0 Å². The van der Waals surface area contributed by atoms with Crippen LogP contribution in [0.4, 0.5) is 5.82 Å². The molecule has 0 saturated heterocycles. The topological polar surface area (TPSA) is 77.8 Å². The monoisotopic (exact) mass is 278 g/mol. The molecule has 0 aliphatic carbocycles. The molecule has 5 nitrogen and oxygen atoms in total. The molecule has 2 aromatic rings. The summed E-state index contributed by atoms with van der Waals surface area (Å²) in [4.78, 5) is 13.1. The van der Waals surface area contributed by atoms with Gasteiger partial charge in [-0.2, -0.15) is 0 Å².